The van der Waals surface area contributed by atoms with Gasteiger partial charge in [-0.15, -0.1) is 0 Å². The molecular formula is C26H34N2O4. The van der Waals surface area contributed by atoms with E-state index in [2.05, 4.69) is 36.5 Å². The lowest BCUT2D eigenvalue weighted by molar-refractivity contribution is -0.142. The summed E-state index contributed by atoms with van der Waals surface area (Å²) in [6.07, 6.45) is 3.85. The highest BCUT2D eigenvalue weighted by molar-refractivity contribution is 5.79. The van der Waals surface area contributed by atoms with Crippen LogP contribution in [-0.2, 0) is 9.53 Å². The zero-order valence-electron chi connectivity index (χ0n) is 19.0. The van der Waals surface area contributed by atoms with Gasteiger partial charge in [0.2, 0.25) is 0 Å². The van der Waals surface area contributed by atoms with E-state index in [9.17, 15) is 14.7 Å². The SMILES string of the molecule is CCCCCCN(CCNC(=O)OCC1c2ccccc2-c2ccccc21)[C@@H](C)C(=O)O. The number of nitrogens with zero attached hydrogens (tertiary/aromatic N) is 1. The second-order valence-corrected chi connectivity index (χ2v) is 8.36. The number of benzene rings is 2. The second kappa shape index (κ2) is 11.7. The van der Waals surface area contributed by atoms with Gasteiger partial charge in [0.15, 0.2) is 0 Å². The molecule has 0 bridgehead atoms. The molecule has 0 aliphatic heterocycles. The number of carboxylic acids is 1. The normalized spacial score (nSPS) is 13.5. The summed E-state index contributed by atoms with van der Waals surface area (Å²) < 4.78 is 5.56. The molecule has 0 saturated heterocycles. The van der Waals surface area contributed by atoms with Gasteiger partial charge in [-0.1, -0.05) is 74.7 Å². The Morgan fingerprint density at radius 3 is 2.22 bits per heavy atom. The molecule has 1 amide bonds. The van der Waals surface area contributed by atoms with Crippen molar-refractivity contribution in [3.8, 4) is 11.1 Å². The summed E-state index contributed by atoms with van der Waals surface area (Å²) in [5.41, 5.74) is 4.74. The quantitative estimate of drug-likeness (QED) is 0.462. The van der Waals surface area contributed by atoms with E-state index in [1.54, 1.807) is 6.92 Å². The molecule has 172 valence electrons. The Morgan fingerprint density at radius 1 is 1.00 bits per heavy atom. The van der Waals surface area contributed by atoms with Crippen molar-refractivity contribution >= 4 is 12.1 Å². The fourth-order valence-electron chi connectivity index (χ4n) is 4.35. The summed E-state index contributed by atoms with van der Waals surface area (Å²) in [6, 6.07) is 15.9. The third kappa shape index (κ3) is 5.88. The summed E-state index contributed by atoms with van der Waals surface area (Å²) in [7, 11) is 0. The summed E-state index contributed by atoms with van der Waals surface area (Å²) >= 11 is 0. The number of carbonyl (C=O) groups excluding carboxylic acids is 1. The number of nitrogens with one attached hydrogen (secondary N) is 1. The Balaban J connectivity index is 1.50. The van der Waals surface area contributed by atoms with Crippen molar-refractivity contribution < 1.29 is 19.4 Å². The molecule has 0 spiro atoms. The van der Waals surface area contributed by atoms with Crippen LogP contribution in [0.5, 0.6) is 0 Å². The molecule has 6 nitrogen and oxygen atoms in total. The van der Waals surface area contributed by atoms with E-state index in [1.807, 2.05) is 29.2 Å². The lowest BCUT2D eigenvalue weighted by Gasteiger charge is -2.26. The van der Waals surface area contributed by atoms with Crippen LogP contribution in [0, 0.1) is 0 Å². The molecule has 0 fully saturated rings. The van der Waals surface area contributed by atoms with Gasteiger partial charge >= 0.3 is 12.1 Å². The van der Waals surface area contributed by atoms with Gasteiger partial charge in [-0.05, 0) is 42.1 Å². The fraction of sp³-hybridized carbons (Fsp3) is 0.462. The lowest BCUT2D eigenvalue weighted by Crippen LogP contribution is -2.44. The molecule has 3 rings (SSSR count). The standard InChI is InChI=1S/C26H34N2O4/c1-3-4-5-10-16-28(19(2)25(29)30)17-15-27-26(31)32-18-24-22-13-8-6-11-20(22)21-12-7-9-14-23(21)24/h6-9,11-14,19,24H,3-5,10,15-18H2,1-2H3,(H,27,31)(H,29,30)/t19-/m0/s1. The maximum absolute atomic E-state index is 12.3. The molecule has 6 heteroatoms. The fourth-order valence-corrected chi connectivity index (χ4v) is 4.35. The average molecular weight is 439 g/mol. The van der Waals surface area contributed by atoms with Gasteiger partial charge in [0, 0.05) is 19.0 Å². The Kier molecular flexibility index (Phi) is 8.68. The van der Waals surface area contributed by atoms with E-state index < -0.39 is 18.1 Å². The van der Waals surface area contributed by atoms with Crippen LogP contribution in [0.3, 0.4) is 0 Å². The van der Waals surface area contributed by atoms with Crippen LogP contribution in [0.4, 0.5) is 4.79 Å². The summed E-state index contributed by atoms with van der Waals surface area (Å²) in [6.45, 7) is 5.64. The monoisotopic (exact) mass is 438 g/mol. The van der Waals surface area contributed by atoms with Crippen molar-refractivity contribution in [2.24, 2.45) is 0 Å². The second-order valence-electron chi connectivity index (χ2n) is 8.36. The van der Waals surface area contributed by atoms with E-state index in [4.69, 9.17) is 4.74 Å². The van der Waals surface area contributed by atoms with Crippen molar-refractivity contribution in [2.75, 3.05) is 26.2 Å². The summed E-state index contributed by atoms with van der Waals surface area (Å²) in [5, 5.41) is 12.2. The van der Waals surface area contributed by atoms with E-state index in [-0.39, 0.29) is 12.5 Å². The third-order valence-corrected chi connectivity index (χ3v) is 6.22. The van der Waals surface area contributed by atoms with Gasteiger partial charge in [-0.2, -0.15) is 0 Å². The van der Waals surface area contributed by atoms with Crippen molar-refractivity contribution in [2.45, 2.75) is 51.5 Å². The Hall–Kier alpha value is -2.86. The number of unbranched alkanes of at least 4 members (excludes halogenated alkanes) is 3. The zero-order valence-corrected chi connectivity index (χ0v) is 19.0. The predicted octanol–water partition coefficient (Wildman–Crippen LogP) is 4.88. The lowest BCUT2D eigenvalue weighted by atomic mass is 9.98. The number of alkyl carbamates (subject to hydrolysis) is 1. The minimum absolute atomic E-state index is 0.0234. The number of hydrogen-bond donors (Lipinski definition) is 2. The first-order valence-electron chi connectivity index (χ1n) is 11.6. The number of ether oxygens (including phenoxy) is 1. The highest BCUT2D eigenvalue weighted by Crippen LogP contribution is 2.44. The molecule has 0 aromatic heterocycles. The van der Waals surface area contributed by atoms with Crippen LogP contribution < -0.4 is 5.32 Å². The Bertz CT molecular complexity index is 869. The van der Waals surface area contributed by atoms with Crippen molar-refractivity contribution in [3.05, 3.63) is 59.7 Å². The maximum Gasteiger partial charge on any atom is 0.407 e. The van der Waals surface area contributed by atoms with Gasteiger partial charge in [-0.3, -0.25) is 9.69 Å². The molecule has 2 aromatic carbocycles. The van der Waals surface area contributed by atoms with Gasteiger partial charge in [0.1, 0.15) is 12.6 Å². The smallest absolute Gasteiger partial charge is 0.407 e. The topological polar surface area (TPSA) is 78.9 Å². The summed E-state index contributed by atoms with van der Waals surface area (Å²) in [4.78, 5) is 25.7. The molecule has 0 unspecified atom stereocenters. The Labute approximate surface area is 190 Å². The number of rotatable bonds is 12. The number of amides is 1. The largest absolute Gasteiger partial charge is 0.480 e. The molecular weight excluding hydrogens is 404 g/mol. The Morgan fingerprint density at radius 2 is 1.62 bits per heavy atom. The molecule has 1 aliphatic rings. The van der Waals surface area contributed by atoms with E-state index in [1.165, 1.54) is 22.3 Å². The van der Waals surface area contributed by atoms with Crippen LogP contribution in [0.2, 0.25) is 0 Å². The minimum atomic E-state index is -0.846. The molecule has 0 radical (unpaired) electrons. The zero-order chi connectivity index (χ0) is 22.9. The molecule has 1 aliphatic carbocycles. The number of carboxylic acid groups (broad SMARTS) is 1. The first kappa shape index (κ1) is 23.8. The molecule has 0 heterocycles. The summed E-state index contributed by atoms with van der Waals surface area (Å²) in [5.74, 6) is -0.822. The van der Waals surface area contributed by atoms with Crippen LogP contribution in [-0.4, -0.2) is 54.4 Å². The minimum Gasteiger partial charge on any atom is -0.480 e. The van der Waals surface area contributed by atoms with Gasteiger partial charge in [0.05, 0.1) is 0 Å². The van der Waals surface area contributed by atoms with Crippen LogP contribution >= 0.6 is 0 Å². The average Bonchev–Trinajstić information content (AvgIpc) is 3.12. The number of aliphatic carboxylic acids is 1. The first-order valence-corrected chi connectivity index (χ1v) is 11.6. The first-order chi connectivity index (χ1) is 15.5. The van der Waals surface area contributed by atoms with Crippen molar-refractivity contribution in [1.82, 2.24) is 10.2 Å². The van der Waals surface area contributed by atoms with Gasteiger partial charge in [-0.25, -0.2) is 4.79 Å². The highest BCUT2D eigenvalue weighted by Gasteiger charge is 2.29. The van der Waals surface area contributed by atoms with Crippen LogP contribution in [0.15, 0.2) is 48.5 Å². The predicted molar refractivity (Wildman–Crippen MR) is 126 cm³/mol. The third-order valence-electron chi connectivity index (χ3n) is 6.22. The highest BCUT2D eigenvalue weighted by atomic mass is 16.5. The van der Waals surface area contributed by atoms with Crippen molar-refractivity contribution in [1.29, 1.82) is 0 Å². The van der Waals surface area contributed by atoms with Gasteiger partial charge in [0.25, 0.3) is 0 Å². The molecule has 2 N–H and O–H groups in total. The van der Waals surface area contributed by atoms with Gasteiger partial charge < -0.3 is 15.2 Å². The molecule has 2 aromatic rings. The molecule has 32 heavy (non-hydrogen) atoms. The number of hydrogen-bond acceptors (Lipinski definition) is 4. The van der Waals surface area contributed by atoms with E-state index in [0.717, 1.165) is 25.7 Å². The molecule has 0 saturated carbocycles. The van der Waals surface area contributed by atoms with E-state index >= 15 is 0 Å². The maximum atomic E-state index is 12.3. The number of fused-ring (bicyclic) bond motifs is 3. The van der Waals surface area contributed by atoms with Crippen molar-refractivity contribution in [3.63, 3.8) is 0 Å². The van der Waals surface area contributed by atoms with Crippen LogP contribution in [0.1, 0.15) is 56.6 Å². The van der Waals surface area contributed by atoms with Crippen LogP contribution in [0.25, 0.3) is 11.1 Å². The molecule has 1 atom stereocenters. The van der Waals surface area contributed by atoms with E-state index in [0.29, 0.717) is 19.6 Å². The number of carbonyl (C=O) groups is 2.